The summed E-state index contributed by atoms with van der Waals surface area (Å²) >= 11 is 6.05. The van der Waals surface area contributed by atoms with E-state index < -0.39 is 0 Å². The summed E-state index contributed by atoms with van der Waals surface area (Å²) < 4.78 is 5.25. The van der Waals surface area contributed by atoms with E-state index >= 15 is 0 Å². The summed E-state index contributed by atoms with van der Waals surface area (Å²) in [5.41, 5.74) is 2.43. The summed E-state index contributed by atoms with van der Waals surface area (Å²) in [6.45, 7) is 0. The highest BCUT2D eigenvalue weighted by Crippen LogP contribution is 2.23. The Bertz CT molecular complexity index is 542. The Morgan fingerprint density at radius 2 is 1.95 bits per heavy atom. The first-order valence-electron chi connectivity index (χ1n) is 6.28. The first-order chi connectivity index (χ1) is 9.22. The molecule has 0 amide bonds. The Balaban J connectivity index is 2.18. The van der Waals surface area contributed by atoms with Crippen LogP contribution in [0.4, 0.5) is 0 Å². The van der Waals surface area contributed by atoms with Crippen LogP contribution in [0.1, 0.15) is 17.2 Å². The summed E-state index contributed by atoms with van der Waals surface area (Å²) in [5, 5.41) is 4.10. The van der Waals surface area contributed by atoms with Gasteiger partial charge in [0.05, 0.1) is 7.11 Å². The molecule has 2 aromatic carbocycles. The Hall–Kier alpha value is -1.51. The fraction of sp³-hybridized carbons (Fsp3) is 0.250. The number of hydrogen-bond donors (Lipinski definition) is 1. The van der Waals surface area contributed by atoms with Crippen molar-refractivity contribution >= 4 is 11.6 Å². The zero-order chi connectivity index (χ0) is 13.7. The lowest BCUT2D eigenvalue weighted by atomic mass is 9.99. The van der Waals surface area contributed by atoms with Crippen molar-refractivity contribution in [2.75, 3.05) is 14.2 Å². The minimum Gasteiger partial charge on any atom is -0.497 e. The van der Waals surface area contributed by atoms with Crippen molar-refractivity contribution in [2.24, 2.45) is 0 Å². The minimum atomic E-state index is 0.241. The number of ether oxygens (including phenoxy) is 1. The van der Waals surface area contributed by atoms with E-state index in [0.29, 0.717) is 0 Å². The summed E-state index contributed by atoms with van der Waals surface area (Å²) in [4.78, 5) is 0. The number of nitrogens with one attached hydrogen (secondary N) is 1. The highest BCUT2D eigenvalue weighted by atomic mass is 35.5. The molecule has 2 nitrogen and oxygen atoms in total. The van der Waals surface area contributed by atoms with Gasteiger partial charge in [0.2, 0.25) is 0 Å². The molecule has 0 heterocycles. The minimum absolute atomic E-state index is 0.241. The SMILES string of the molecule is CNC(Cc1cccc(OC)c1)c1cccc(Cl)c1. The number of methoxy groups -OCH3 is 1. The molecular formula is C16H18ClNO. The smallest absolute Gasteiger partial charge is 0.119 e. The Morgan fingerprint density at radius 1 is 1.16 bits per heavy atom. The molecule has 19 heavy (non-hydrogen) atoms. The third kappa shape index (κ3) is 3.72. The molecule has 0 saturated carbocycles. The fourth-order valence-electron chi connectivity index (χ4n) is 2.15. The lowest BCUT2D eigenvalue weighted by molar-refractivity contribution is 0.414. The standard InChI is InChI=1S/C16H18ClNO/c1-18-16(13-6-4-7-14(17)11-13)10-12-5-3-8-15(9-12)19-2/h3-9,11,16,18H,10H2,1-2H3. The first-order valence-corrected chi connectivity index (χ1v) is 6.66. The van der Waals surface area contributed by atoms with Crippen molar-refractivity contribution in [3.05, 3.63) is 64.7 Å². The molecule has 1 atom stereocenters. The van der Waals surface area contributed by atoms with E-state index in [1.807, 2.05) is 37.4 Å². The van der Waals surface area contributed by atoms with Crippen LogP contribution in [-0.2, 0) is 6.42 Å². The molecule has 0 radical (unpaired) electrons. The molecule has 0 aliphatic rings. The molecule has 0 aromatic heterocycles. The highest BCUT2D eigenvalue weighted by molar-refractivity contribution is 6.30. The molecule has 1 N–H and O–H groups in total. The number of rotatable bonds is 5. The van der Waals surface area contributed by atoms with Gasteiger partial charge in [0.1, 0.15) is 5.75 Å². The van der Waals surface area contributed by atoms with Crippen molar-refractivity contribution in [3.8, 4) is 5.75 Å². The highest BCUT2D eigenvalue weighted by Gasteiger charge is 2.10. The largest absolute Gasteiger partial charge is 0.497 e. The molecule has 100 valence electrons. The number of likely N-dealkylation sites (N-methyl/N-ethyl adjacent to an activating group) is 1. The van der Waals surface area contributed by atoms with Crippen LogP contribution in [0.15, 0.2) is 48.5 Å². The predicted octanol–water partition coefficient (Wildman–Crippen LogP) is 3.85. The van der Waals surface area contributed by atoms with Crippen molar-refractivity contribution in [2.45, 2.75) is 12.5 Å². The fourth-order valence-corrected chi connectivity index (χ4v) is 2.34. The number of halogens is 1. The van der Waals surface area contributed by atoms with Gasteiger partial charge in [0, 0.05) is 11.1 Å². The van der Waals surface area contributed by atoms with Crippen molar-refractivity contribution in [3.63, 3.8) is 0 Å². The lowest BCUT2D eigenvalue weighted by Crippen LogP contribution is -2.18. The van der Waals surface area contributed by atoms with Gasteiger partial charge in [0.15, 0.2) is 0 Å². The maximum atomic E-state index is 6.05. The van der Waals surface area contributed by atoms with Gasteiger partial charge in [0.25, 0.3) is 0 Å². The van der Waals surface area contributed by atoms with Gasteiger partial charge in [-0.2, -0.15) is 0 Å². The van der Waals surface area contributed by atoms with Gasteiger partial charge in [-0.15, -0.1) is 0 Å². The molecule has 2 rings (SSSR count). The van der Waals surface area contributed by atoms with Crippen LogP contribution < -0.4 is 10.1 Å². The predicted molar refractivity (Wildman–Crippen MR) is 80.0 cm³/mol. The summed E-state index contributed by atoms with van der Waals surface area (Å²) in [6.07, 6.45) is 0.897. The van der Waals surface area contributed by atoms with E-state index in [4.69, 9.17) is 16.3 Å². The van der Waals surface area contributed by atoms with Crippen LogP contribution in [0.3, 0.4) is 0 Å². The van der Waals surface area contributed by atoms with E-state index in [2.05, 4.69) is 23.5 Å². The Kier molecular flexibility index (Phi) is 4.83. The maximum absolute atomic E-state index is 6.05. The van der Waals surface area contributed by atoms with Gasteiger partial charge in [-0.3, -0.25) is 0 Å². The van der Waals surface area contributed by atoms with Gasteiger partial charge >= 0.3 is 0 Å². The summed E-state index contributed by atoms with van der Waals surface area (Å²) in [7, 11) is 3.65. The van der Waals surface area contributed by atoms with E-state index in [1.54, 1.807) is 7.11 Å². The van der Waals surface area contributed by atoms with Gasteiger partial charge in [-0.1, -0.05) is 35.9 Å². The van der Waals surface area contributed by atoms with Gasteiger partial charge in [-0.25, -0.2) is 0 Å². The Labute approximate surface area is 119 Å². The van der Waals surface area contributed by atoms with E-state index in [1.165, 1.54) is 11.1 Å². The normalized spacial score (nSPS) is 12.2. The zero-order valence-electron chi connectivity index (χ0n) is 11.2. The molecule has 0 aliphatic carbocycles. The molecular weight excluding hydrogens is 258 g/mol. The third-order valence-electron chi connectivity index (χ3n) is 3.17. The van der Waals surface area contributed by atoms with Crippen LogP contribution in [0.5, 0.6) is 5.75 Å². The quantitative estimate of drug-likeness (QED) is 0.895. The molecule has 2 aromatic rings. The zero-order valence-corrected chi connectivity index (χ0v) is 11.9. The Morgan fingerprint density at radius 3 is 2.63 bits per heavy atom. The number of hydrogen-bond acceptors (Lipinski definition) is 2. The van der Waals surface area contributed by atoms with Crippen LogP contribution >= 0.6 is 11.6 Å². The third-order valence-corrected chi connectivity index (χ3v) is 3.41. The maximum Gasteiger partial charge on any atom is 0.119 e. The molecule has 0 fully saturated rings. The topological polar surface area (TPSA) is 21.3 Å². The van der Waals surface area contributed by atoms with Gasteiger partial charge in [-0.05, 0) is 48.9 Å². The van der Waals surface area contributed by atoms with Crippen LogP contribution in [0, 0.1) is 0 Å². The molecule has 0 bridgehead atoms. The van der Waals surface area contributed by atoms with Crippen molar-refractivity contribution in [1.29, 1.82) is 0 Å². The van der Waals surface area contributed by atoms with E-state index in [9.17, 15) is 0 Å². The average molecular weight is 276 g/mol. The second-order valence-electron chi connectivity index (χ2n) is 4.45. The molecule has 1 unspecified atom stereocenters. The molecule has 0 spiro atoms. The van der Waals surface area contributed by atoms with E-state index in [-0.39, 0.29) is 6.04 Å². The molecule has 0 aliphatic heterocycles. The second kappa shape index (κ2) is 6.60. The van der Waals surface area contributed by atoms with Crippen LogP contribution in [0.2, 0.25) is 5.02 Å². The van der Waals surface area contributed by atoms with Gasteiger partial charge < -0.3 is 10.1 Å². The molecule has 3 heteroatoms. The van der Waals surface area contributed by atoms with E-state index in [0.717, 1.165) is 17.2 Å². The number of benzene rings is 2. The molecule has 0 saturated heterocycles. The van der Waals surface area contributed by atoms with Crippen LogP contribution in [0.25, 0.3) is 0 Å². The monoisotopic (exact) mass is 275 g/mol. The van der Waals surface area contributed by atoms with Crippen LogP contribution in [-0.4, -0.2) is 14.2 Å². The average Bonchev–Trinajstić information content (AvgIpc) is 2.45. The summed E-state index contributed by atoms with van der Waals surface area (Å²) in [6, 6.07) is 16.3. The second-order valence-corrected chi connectivity index (χ2v) is 4.89. The summed E-state index contributed by atoms with van der Waals surface area (Å²) in [5.74, 6) is 0.887. The lowest BCUT2D eigenvalue weighted by Gasteiger charge is -2.17. The van der Waals surface area contributed by atoms with Crippen molar-refractivity contribution in [1.82, 2.24) is 5.32 Å². The first kappa shape index (κ1) is 13.9. The van der Waals surface area contributed by atoms with Crippen molar-refractivity contribution < 1.29 is 4.74 Å².